The first-order chi connectivity index (χ1) is 10.2. The summed E-state index contributed by atoms with van der Waals surface area (Å²) in [6.07, 6.45) is 0.717. The molecule has 1 N–H and O–H groups in total. The van der Waals surface area contributed by atoms with E-state index in [1.807, 2.05) is 26.8 Å². The molecular formula is C16H18N4O. The summed E-state index contributed by atoms with van der Waals surface area (Å²) >= 11 is 0. The fraction of sp³-hybridized carbons (Fsp3) is 0.312. The molecule has 1 aromatic heterocycles. The second-order valence-electron chi connectivity index (χ2n) is 4.51. The van der Waals surface area contributed by atoms with Crippen molar-refractivity contribution in [2.75, 3.05) is 11.9 Å². The van der Waals surface area contributed by atoms with E-state index in [-0.39, 0.29) is 0 Å². The van der Waals surface area contributed by atoms with Crippen LogP contribution in [0, 0.1) is 18.3 Å². The van der Waals surface area contributed by atoms with E-state index in [1.165, 1.54) is 0 Å². The van der Waals surface area contributed by atoms with Crippen LogP contribution in [0.1, 0.15) is 30.8 Å². The number of benzene rings is 1. The molecule has 0 aliphatic rings. The summed E-state index contributed by atoms with van der Waals surface area (Å²) in [6.45, 7) is 6.68. The molecule has 5 nitrogen and oxygen atoms in total. The number of rotatable bonds is 5. The molecule has 1 heterocycles. The smallest absolute Gasteiger partial charge is 0.227 e. The van der Waals surface area contributed by atoms with Gasteiger partial charge >= 0.3 is 0 Å². The number of nitriles is 1. The third-order valence-electron chi connectivity index (χ3n) is 3.02. The number of para-hydroxylation sites is 1. The zero-order valence-corrected chi connectivity index (χ0v) is 12.5. The zero-order chi connectivity index (χ0) is 15.2. The van der Waals surface area contributed by atoms with Gasteiger partial charge < -0.3 is 10.1 Å². The van der Waals surface area contributed by atoms with Crippen LogP contribution in [0.15, 0.2) is 24.3 Å². The Balaban J connectivity index is 2.43. The lowest BCUT2D eigenvalue weighted by atomic mass is 10.2. The summed E-state index contributed by atoms with van der Waals surface area (Å²) in [4.78, 5) is 8.88. The summed E-state index contributed by atoms with van der Waals surface area (Å²) < 4.78 is 5.85. The Hall–Kier alpha value is -2.61. The lowest BCUT2D eigenvalue weighted by Gasteiger charge is -2.13. The highest BCUT2D eigenvalue weighted by atomic mass is 16.5. The molecule has 0 atom stereocenters. The molecule has 0 aliphatic carbocycles. The van der Waals surface area contributed by atoms with Gasteiger partial charge in [-0.3, -0.25) is 0 Å². The van der Waals surface area contributed by atoms with Crippen molar-refractivity contribution in [2.45, 2.75) is 27.2 Å². The fourth-order valence-corrected chi connectivity index (χ4v) is 1.89. The molecule has 0 aliphatic heterocycles. The van der Waals surface area contributed by atoms with Gasteiger partial charge in [-0.2, -0.15) is 10.2 Å². The van der Waals surface area contributed by atoms with Crippen LogP contribution in [0.5, 0.6) is 11.6 Å². The molecule has 108 valence electrons. The van der Waals surface area contributed by atoms with Crippen LogP contribution in [0.2, 0.25) is 0 Å². The van der Waals surface area contributed by atoms with Gasteiger partial charge in [-0.1, -0.05) is 19.1 Å². The van der Waals surface area contributed by atoms with Crippen molar-refractivity contribution in [1.29, 1.82) is 5.26 Å². The Labute approximate surface area is 124 Å². The maximum atomic E-state index is 9.13. The summed E-state index contributed by atoms with van der Waals surface area (Å²) in [5, 5.41) is 12.3. The third kappa shape index (κ3) is 3.29. The van der Waals surface area contributed by atoms with E-state index in [0.717, 1.165) is 24.3 Å². The molecule has 0 saturated heterocycles. The zero-order valence-electron chi connectivity index (χ0n) is 12.5. The van der Waals surface area contributed by atoms with Crippen molar-refractivity contribution in [2.24, 2.45) is 0 Å². The maximum absolute atomic E-state index is 9.13. The Kier molecular flexibility index (Phi) is 4.72. The van der Waals surface area contributed by atoms with Crippen LogP contribution in [0.4, 0.5) is 5.82 Å². The van der Waals surface area contributed by atoms with Gasteiger partial charge in [0.05, 0.1) is 11.1 Å². The first kappa shape index (κ1) is 14.8. The minimum absolute atomic E-state index is 0.485. The topological polar surface area (TPSA) is 70.8 Å². The highest BCUT2D eigenvalue weighted by Crippen LogP contribution is 2.29. The second-order valence-corrected chi connectivity index (χ2v) is 4.51. The monoisotopic (exact) mass is 282 g/mol. The number of hydrogen-bond acceptors (Lipinski definition) is 5. The van der Waals surface area contributed by atoms with Gasteiger partial charge in [0.15, 0.2) is 0 Å². The molecule has 0 amide bonds. The number of anilines is 1. The molecule has 5 heteroatoms. The second kappa shape index (κ2) is 6.71. The number of aromatic nitrogens is 2. The Morgan fingerprint density at radius 3 is 2.67 bits per heavy atom. The lowest BCUT2D eigenvalue weighted by molar-refractivity contribution is 0.453. The Morgan fingerprint density at radius 2 is 2.00 bits per heavy atom. The van der Waals surface area contributed by atoms with Gasteiger partial charge in [0.1, 0.15) is 23.5 Å². The standard InChI is InChI=1S/C16H18N4O/c1-4-14-19-15(18-5-2)11(3)16(20-14)21-13-9-7-6-8-12(13)10-17/h6-9H,4-5H2,1-3H3,(H,18,19,20). The summed E-state index contributed by atoms with van der Waals surface area (Å²) in [5.41, 5.74) is 1.32. The molecule has 2 rings (SSSR count). The average Bonchev–Trinajstić information content (AvgIpc) is 2.51. The van der Waals surface area contributed by atoms with Gasteiger partial charge in [-0.25, -0.2) is 4.98 Å². The van der Waals surface area contributed by atoms with Crippen LogP contribution in [-0.4, -0.2) is 16.5 Å². The third-order valence-corrected chi connectivity index (χ3v) is 3.02. The number of ether oxygens (including phenoxy) is 1. The van der Waals surface area contributed by atoms with Crippen LogP contribution < -0.4 is 10.1 Å². The summed E-state index contributed by atoms with van der Waals surface area (Å²) in [7, 11) is 0. The largest absolute Gasteiger partial charge is 0.437 e. The summed E-state index contributed by atoms with van der Waals surface area (Å²) in [6, 6.07) is 9.24. The van der Waals surface area contributed by atoms with E-state index >= 15 is 0 Å². The van der Waals surface area contributed by atoms with Crippen LogP contribution in [0.25, 0.3) is 0 Å². The van der Waals surface area contributed by atoms with Gasteiger partial charge in [0, 0.05) is 13.0 Å². The minimum atomic E-state index is 0.485. The molecule has 0 saturated carbocycles. The number of hydrogen-bond donors (Lipinski definition) is 1. The maximum Gasteiger partial charge on any atom is 0.227 e. The van der Waals surface area contributed by atoms with Crippen molar-refractivity contribution in [3.63, 3.8) is 0 Å². The van der Waals surface area contributed by atoms with Gasteiger partial charge in [-0.15, -0.1) is 0 Å². The average molecular weight is 282 g/mol. The van der Waals surface area contributed by atoms with Crippen molar-refractivity contribution in [3.8, 4) is 17.7 Å². The fourth-order valence-electron chi connectivity index (χ4n) is 1.89. The predicted octanol–water partition coefficient (Wildman–Crippen LogP) is 3.44. The van der Waals surface area contributed by atoms with E-state index in [0.29, 0.717) is 23.0 Å². The van der Waals surface area contributed by atoms with E-state index in [4.69, 9.17) is 10.00 Å². The lowest BCUT2D eigenvalue weighted by Crippen LogP contribution is -2.07. The molecule has 0 fully saturated rings. The molecule has 0 spiro atoms. The Bertz CT molecular complexity index is 676. The van der Waals surface area contributed by atoms with E-state index in [9.17, 15) is 0 Å². The van der Waals surface area contributed by atoms with Crippen molar-refractivity contribution in [1.82, 2.24) is 9.97 Å². The molecule has 2 aromatic rings. The van der Waals surface area contributed by atoms with Gasteiger partial charge in [0.25, 0.3) is 0 Å². The van der Waals surface area contributed by atoms with Crippen molar-refractivity contribution >= 4 is 5.82 Å². The SMILES string of the molecule is CCNc1nc(CC)nc(Oc2ccccc2C#N)c1C. The molecule has 21 heavy (non-hydrogen) atoms. The van der Waals surface area contributed by atoms with Crippen LogP contribution in [-0.2, 0) is 6.42 Å². The van der Waals surface area contributed by atoms with E-state index < -0.39 is 0 Å². The number of nitrogens with zero attached hydrogens (tertiary/aromatic N) is 3. The van der Waals surface area contributed by atoms with Crippen LogP contribution in [0.3, 0.4) is 0 Å². The highest BCUT2D eigenvalue weighted by molar-refractivity contribution is 5.51. The van der Waals surface area contributed by atoms with Crippen molar-refractivity contribution < 1.29 is 4.74 Å². The number of aryl methyl sites for hydroxylation is 1. The minimum Gasteiger partial charge on any atom is -0.437 e. The quantitative estimate of drug-likeness (QED) is 0.909. The molecule has 0 radical (unpaired) electrons. The van der Waals surface area contributed by atoms with Crippen molar-refractivity contribution in [3.05, 3.63) is 41.2 Å². The number of nitrogens with one attached hydrogen (secondary N) is 1. The normalized spacial score (nSPS) is 10.0. The van der Waals surface area contributed by atoms with E-state index in [2.05, 4.69) is 21.4 Å². The molecule has 1 aromatic carbocycles. The first-order valence-electron chi connectivity index (χ1n) is 6.97. The van der Waals surface area contributed by atoms with Gasteiger partial charge in [-0.05, 0) is 26.0 Å². The molecule has 0 bridgehead atoms. The highest BCUT2D eigenvalue weighted by Gasteiger charge is 2.13. The van der Waals surface area contributed by atoms with E-state index in [1.54, 1.807) is 18.2 Å². The molecular weight excluding hydrogens is 264 g/mol. The predicted molar refractivity (Wildman–Crippen MR) is 81.5 cm³/mol. The van der Waals surface area contributed by atoms with Gasteiger partial charge in [0.2, 0.25) is 5.88 Å². The molecule has 0 unspecified atom stereocenters. The Morgan fingerprint density at radius 1 is 1.24 bits per heavy atom. The first-order valence-corrected chi connectivity index (χ1v) is 6.97. The van der Waals surface area contributed by atoms with Crippen LogP contribution >= 0.6 is 0 Å². The summed E-state index contributed by atoms with van der Waals surface area (Å²) in [5.74, 6) is 2.47.